The van der Waals surface area contributed by atoms with Crippen LogP contribution in [-0.4, -0.2) is 31.4 Å². The van der Waals surface area contributed by atoms with Gasteiger partial charge >= 0.3 is 0 Å². The zero-order chi connectivity index (χ0) is 18.1. The molecule has 1 amide bonds. The second-order valence-corrected chi connectivity index (χ2v) is 6.89. The summed E-state index contributed by atoms with van der Waals surface area (Å²) >= 11 is 7.53. The van der Waals surface area contributed by atoms with Gasteiger partial charge in [-0.25, -0.2) is 0 Å². The molecular weight excluding hydrogens is 358 g/mol. The quantitative estimate of drug-likeness (QED) is 0.517. The van der Waals surface area contributed by atoms with Gasteiger partial charge in [-0.2, -0.15) is 0 Å². The lowest BCUT2D eigenvalue weighted by Gasteiger charge is -2.17. The maximum absolute atomic E-state index is 12.3. The number of halogens is 1. The van der Waals surface area contributed by atoms with E-state index in [1.807, 2.05) is 43.3 Å². The Hall–Kier alpha value is -1.85. The number of methoxy groups -OCH3 is 1. The van der Waals surface area contributed by atoms with E-state index in [0.29, 0.717) is 18.7 Å². The van der Waals surface area contributed by atoms with Gasteiger partial charge in [-0.05, 0) is 55.0 Å². The molecule has 0 saturated heterocycles. The molecule has 0 radical (unpaired) electrons. The monoisotopic (exact) mass is 379 g/mol. The van der Waals surface area contributed by atoms with Gasteiger partial charge in [0.1, 0.15) is 11.5 Å². The second kappa shape index (κ2) is 10.2. The molecule has 25 heavy (non-hydrogen) atoms. The zero-order valence-electron chi connectivity index (χ0n) is 14.3. The molecule has 0 bridgehead atoms. The first-order valence-corrected chi connectivity index (χ1v) is 9.45. The Morgan fingerprint density at radius 2 is 1.76 bits per heavy atom. The van der Waals surface area contributed by atoms with Crippen LogP contribution in [0.1, 0.15) is 13.3 Å². The largest absolute Gasteiger partial charge is 0.497 e. The highest BCUT2D eigenvalue weighted by atomic mass is 35.5. The van der Waals surface area contributed by atoms with Crippen LogP contribution in [0.5, 0.6) is 11.5 Å². The van der Waals surface area contributed by atoms with Gasteiger partial charge in [-0.15, -0.1) is 11.8 Å². The van der Waals surface area contributed by atoms with Crippen LogP contribution in [0.2, 0.25) is 5.02 Å². The SMILES string of the molecule is CC[C@@H](Oc1ccc(OC)cc1)C(=O)NCCSc1ccc(Cl)cc1. The maximum Gasteiger partial charge on any atom is 0.261 e. The van der Waals surface area contributed by atoms with E-state index < -0.39 is 6.10 Å². The summed E-state index contributed by atoms with van der Waals surface area (Å²) in [6, 6.07) is 14.9. The second-order valence-electron chi connectivity index (χ2n) is 5.28. The molecule has 0 aliphatic rings. The Labute approximate surface area is 157 Å². The fourth-order valence-corrected chi connectivity index (χ4v) is 3.02. The Morgan fingerprint density at radius 1 is 1.12 bits per heavy atom. The number of rotatable bonds is 9. The van der Waals surface area contributed by atoms with Gasteiger partial charge in [0, 0.05) is 22.2 Å². The molecule has 0 aromatic heterocycles. The van der Waals surface area contributed by atoms with Crippen LogP contribution >= 0.6 is 23.4 Å². The van der Waals surface area contributed by atoms with E-state index in [2.05, 4.69) is 5.32 Å². The van der Waals surface area contributed by atoms with Crippen molar-refractivity contribution in [2.45, 2.75) is 24.3 Å². The van der Waals surface area contributed by atoms with Crippen molar-refractivity contribution in [3.8, 4) is 11.5 Å². The van der Waals surface area contributed by atoms with Crippen LogP contribution in [0, 0.1) is 0 Å². The van der Waals surface area contributed by atoms with Gasteiger partial charge in [0.25, 0.3) is 5.91 Å². The van der Waals surface area contributed by atoms with Crippen molar-refractivity contribution in [3.05, 3.63) is 53.6 Å². The summed E-state index contributed by atoms with van der Waals surface area (Å²) in [5, 5.41) is 3.64. The zero-order valence-corrected chi connectivity index (χ0v) is 15.9. The summed E-state index contributed by atoms with van der Waals surface area (Å²) in [4.78, 5) is 13.4. The van der Waals surface area contributed by atoms with E-state index in [-0.39, 0.29) is 5.91 Å². The van der Waals surface area contributed by atoms with Gasteiger partial charge in [0.2, 0.25) is 0 Å². The molecule has 0 aliphatic heterocycles. The third-order valence-corrected chi connectivity index (χ3v) is 4.75. The predicted molar refractivity (Wildman–Crippen MR) is 103 cm³/mol. The smallest absolute Gasteiger partial charge is 0.261 e. The molecule has 1 atom stereocenters. The van der Waals surface area contributed by atoms with Crippen LogP contribution in [-0.2, 0) is 4.79 Å². The molecule has 0 fully saturated rings. The van der Waals surface area contributed by atoms with Crippen molar-refractivity contribution in [2.75, 3.05) is 19.4 Å². The lowest BCUT2D eigenvalue weighted by Crippen LogP contribution is -2.39. The average Bonchev–Trinajstić information content (AvgIpc) is 2.65. The number of ether oxygens (including phenoxy) is 2. The van der Waals surface area contributed by atoms with Crippen LogP contribution in [0.15, 0.2) is 53.4 Å². The van der Waals surface area contributed by atoms with Gasteiger partial charge in [0.05, 0.1) is 7.11 Å². The third kappa shape index (κ3) is 6.52. The van der Waals surface area contributed by atoms with Crippen molar-refractivity contribution in [2.24, 2.45) is 0 Å². The minimum atomic E-state index is -0.506. The summed E-state index contributed by atoms with van der Waals surface area (Å²) in [6.45, 7) is 2.50. The highest BCUT2D eigenvalue weighted by molar-refractivity contribution is 7.99. The first kappa shape index (κ1) is 19.5. The Bertz CT molecular complexity index is 661. The van der Waals surface area contributed by atoms with Crippen molar-refractivity contribution in [1.29, 1.82) is 0 Å². The molecule has 2 aromatic carbocycles. The van der Waals surface area contributed by atoms with Crippen LogP contribution in [0.4, 0.5) is 0 Å². The number of benzene rings is 2. The summed E-state index contributed by atoms with van der Waals surface area (Å²) in [5.74, 6) is 2.09. The number of hydrogen-bond donors (Lipinski definition) is 1. The lowest BCUT2D eigenvalue weighted by atomic mass is 10.2. The van der Waals surface area contributed by atoms with Crippen molar-refractivity contribution in [1.82, 2.24) is 5.32 Å². The molecule has 2 aromatic rings. The molecule has 2 rings (SSSR count). The lowest BCUT2D eigenvalue weighted by molar-refractivity contribution is -0.127. The minimum absolute atomic E-state index is 0.102. The van der Waals surface area contributed by atoms with Crippen LogP contribution < -0.4 is 14.8 Å². The molecule has 1 N–H and O–H groups in total. The highest BCUT2D eigenvalue weighted by Gasteiger charge is 2.17. The van der Waals surface area contributed by atoms with Gasteiger partial charge in [-0.1, -0.05) is 18.5 Å². The first-order chi connectivity index (χ1) is 12.1. The standard InChI is InChI=1S/C19H22ClNO3S/c1-3-18(24-16-8-6-15(23-2)7-9-16)19(22)21-12-13-25-17-10-4-14(20)5-11-17/h4-11,18H,3,12-13H2,1-2H3,(H,21,22)/t18-/m1/s1. The van der Waals surface area contributed by atoms with Crippen molar-refractivity contribution < 1.29 is 14.3 Å². The molecule has 4 nitrogen and oxygen atoms in total. The van der Waals surface area contributed by atoms with Crippen molar-refractivity contribution >= 4 is 29.3 Å². The fraction of sp³-hybridized carbons (Fsp3) is 0.316. The maximum atomic E-state index is 12.3. The molecular formula is C19H22ClNO3S. The summed E-state index contributed by atoms with van der Waals surface area (Å²) in [7, 11) is 1.61. The first-order valence-electron chi connectivity index (χ1n) is 8.09. The number of thioether (sulfide) groups is 1. The van der Waals surface area contributed by atoms with Crippen molar-refractivity contribution in [3.63, 3.8) is 0 Å². The third-order valence-electron chi connectivity index (χ3n) is 3.48. The molecule has 134 valence electrons. The molecule has 0 unspecified atom stereocenters. The van der Waals surface area contributed by atoms with E-state index in [4.69, 9.17) is 21.1 Å². The fourth-order valence-electron chi connectivity index (χ4n) is 2.13. The van der Waals surface area contributed by atoms with E-state index in [0.717, 1.165) is 21.4 Å². The Morgan fingerprint density at radius 3 is 2.36 bits per heavy atom. The van der Waals surface area contributed by atoms with E-state index >= 15 is 0 Å². The van der Waals surface area contributed by atoms with Gasteiger partial charge in [0.15, 0.2) is 6.10 Å². The summed E-state index contributed by atoms with van der Waals surface area (Å²) in [6.07, 6.45) is 0.0938. The van der Waals surface area contributed by atoms with Crippen LogP contribution in [0.3, 0.4) is 0 Å². The summed E-state index contributed by atoms with van der Waals surface area (Å²) in [5.41, 5.74) is 0. The number of hydrogen-bond acceptors (Lipinski definition) is 4. The minimum Gasteiger partial charge on any atom is -0.497 e. The Kier molecular flexibility index (Phi) is 7.95. The Balaban J connectivity index is 1.75. The van der Waals surface area contributed by atoms with Gasteiger partial charge in [-0.3, -0.25) is 4.79 Å². The molecule has 6 heteroatoms. The van der Waals surface area contributed by atoms with Crippen LogP contribution in [0.25, 0.3) is 0 Å². The molecule has 0 spiro atoms. The van der Waals surface area contributed by atoms with Gasteiger partial charge < -0.3 is 14.8 Å². The summed E-state index contributed by atoms with van der Waals surface area (Å²) < 4.78 is 10.9. The topological polar surface area (TPSA) is 47.6 Å². The van der Waals surface area contributed by atoms with E-state index in [1.54, 1.807) is 31.0 Å². The predicted octanol–water partition coefficient (Wildman–Crippen LogP) is 4.41. The number of carbonyl (C=O) groups excluding carboxylic acids is 1. The number of nitrogens with one attached hydrogen (secondary N) is 1. The molecule has 0 aliphatic carbocycles. The average molecular weight is 380 g/mol. The molecule has 0 heterocycles. The number of carbonyl (C=O) groups is 1. The highest BCUT2D eigenvalue weighted by Crippen LogP contribution is 2.20. The normalized spacial score (nSPS) is 11.6. The number of amides is 1. The van der Waals surface area contributed by atoms with E-state index in [9.17, 15) is 4.79 Å². The van der Waals surface area contributed by atoms with E-state index in [1.165, 1.54) is 0 Å². The molecule has 0 saturated carbocycles.